The molecule has 0 saturated heterocycles. The summed E-state index contributed by atoms with van der Waals surface area (Å²) in [4.78, 5) is 7.51. The second-order valence-corrected chi connectivity index (χ2v) is 10.6. The first-order chi connectivity index (χ1) is 20.2. The molecule has 4 heteroatoms. The summed E-state index contributed by atoms with van der Waals surface area (Å²) in [5.74, 6) is 1.84. The van der Waals surface area contributed by atoms with Crippen LogP contribution in [0, 0.1) is 6.92 Å². The SMILES string of the molecule is Cc1cccc(-c2nc3ccc(OCCN(Cc4ccccc4)Cc4ccccc4)cc3n2Cc2ccccc2)c1. The topological polar surface area (TPSA) is 30.3 Å². The van der Waals surface area contributed by atoms with Crippen molar-refractivity contribution in [2.75, 3.05) is 13.2 Å². The second kappa shape index (κ2) is 12.7. The maximum Gasteiger partial charge on any atom is 0.141 e. The summed E-state index contributed by atoms with van der Waals surface area (Å²) in [6.45, 7) is 6.04. The van der Waals surface area contributed by atoms with Crippen molar-refractivity contribution in [3.8, 4) is 17.1 Å². The van der Waals surface area contributed by atoms with E-state index in [1.165, 1.54) is 22.3 Å². The summed E-state index contributed by atoms with van der Waals surface area (Å²) in [6, 6.07) is 46.7. The van der Waals surface area contributed by atoms with Gasteiger partial charge in [-0.2, -0.15) is 0 Å². The van der Waals surface area contributed by atoms with Crippen molar-refractivity contribution >= 4 is 11.0 Å². The first kappa shape index (κ1) is 26.5. The Morgan fingerprint density at radius 1 is 0.659 bits per heavy atom. The molecule has 0 fully saturated rings. The highest BCUT2D eigenvalue weighted by atomic mass is 16.5. The minimum Gasteiger partial charge on any atom is -0.492 e. The lowest BCUT2D eigenvalue weighted by Crippen LogP contribution is -2.27. The Bertz CT molecular complexity index is 1650. The van der Waals surface area contributed by atoms with Crippen molar-refractivity contribution in [1.29, 1.82) is 0 Å². The van der Waals surface area contributed by atoms with E-state index in [1.807, 2.05) is 6.07 Å². The van der Waals surface area contributed by atoms with Gasteiger partial charge in [-0.05, 0) is 41.8 Å². The van der Waals surface area contributed by atoms with E-state index in [-0.39, 0.29) is 0 Å². The maximum absolute atomic E-state index is 6.38. The van der Waals surface area contributed by atoms with Gasteiger partial charge in [-0.15, -0.1) is 0 Å². The molecule has 1 heterocycles. The monoisotopic (exact) mass is 537 g/mol. The molecule has 204 valence electrons. The van der Waals surface area contributed by atoms with E-state index in [9.17, 15) is 0 Å². The van der Waals surface area contributed by atoms with Gasteiger partial charge in [-0.3, -0.25) is 4.90 Å². The van der Waals surface area contributed by atoms with E-state index < -0.39 is 0 Å². The Balaban J connectivity index is 1.24. The predicted molar refractivity (Wildman–Crippen MR) is 168 cm³/mol. The van der Waals surface area contributed by atoms with Crippen LogP contribution in [0.5, 0.6) is 5.75 Å². The van der Waals surface area contributed by atoms with Crippen LogP contribution in [0.4, 0.5) is 0 Å². The number of fused-ring (bicyclic) bond motifs is 1. The van der Waals surface area contributed by atoms with Crippen molar-refractivity contribution in [2.24, 2.45) is 0 Å². The maximum atomic E-state index is 6.38. The molecule has 0 amide bonds. The largest absolute Gasteiger partial charge is 0.492 e. The number of ether oxygens (including phenoxy) is 1. The van der Waals surface area contributed by atoms with E-state index in [0.717, 1.165) is 54.3 Å². The second-order valence-electron chi connectivity index (χ2n) is 10.6. The Labute approximate surface area is 242 Å². The summed E-state index contributed by atoms with van der Waals surface area (Å²) in [7, 11) is 0. The fourth-order valence-electron chi connectivity index (χ4n) is 5.31. The summed E-state index contributed by atoms with van der Waals surface area (Å²) in [5.41, 5.74) is 8.24. The Morgan fingerprint density at radius 3 is 1.93 bits per heavy atom. The van der Waals surface area contributed by atoms with Gasteiger partial charge in [0.2, 0.25) is 0 Å². The fraction of sp³-hybridized carbons (Fsp3) is 0.162. The Kier molecular flexibility index (Phi) is 8.20. The molecule has 0 unspecified atom stereocenters. The van der Waals surface area contributed by atoms with Gasteiger partial charge in [0.15, 0.2) is 0 Å². The molecule has 0 atom stereocenters. The Morgan fingerprint density at radius 2 is 1.29 bits per heavy atom. The van der Waals surface area contributed by atoms with Crippen LogP contribution in [0.15, 0.2) is 133 Å². The van der Waals surface area contributed by atoms with Crippen LogP contribution in [0.25, 0.3) is 22.4 Å². The number of hydrogen-bond donors (Lipinski definition) is 0. The van der Waals surface area contributed by atoms with Gasteiger partial charge in [0, 0.05) is 37.8 Å². The normalized spacial score (nSPS) is 11.3. The lowest BCUT2D eigenvalue weighted by Gasteiger charge is -2.23. The first-order valence-corrected chi connectivity index (χ1v) is 14.3. The summed E-state index contributed by atoms with van der Waals surface area (Å²) >= 11 is 0. The molecule has 0 aliphatic heterocycles. The van der Waals surface area contributed by atoms with E-state index in [2.05, 4.69) is 144 Å². The van der Waals surface area contributed by atoms with Crippen LogP contribution in [-0.4, -0.2) is 27.6 Å². The van der Waals surface area contributed by atoms with Gasteiger partial charge in [-0.1, -0.05) is 115 Å². The van der Waals surface area contributed by atoms with Crippen LogP contribution >= 0.6 is 0 Å². The number of aromatic nitrogens is 2. The quantitative estimate of drug-likeness (QED) is 0.167. The first-order valence-electron chi connectivity index (χ1n) is 14.3. The molecular formula is C37H35N3O. The molecule has 0 radical (unpaired) electrons. The van der Waals surface area contributed by atoms with Gasteiger partial charge in [0.05, 0.1) is 11.0 Å². The molecule has 1 aromatic heterocycles. The molecule has 0 saturated carbocycles. The van der Waals surface area contributed by atoms with Gasteiger partial charge in [0.25, 0.3) is 0 Å². The smallest absolute Gasteiger partial charge is 0.141 e. The third-order valence-electron chi connectivity index (χ3n) is 7.35. The zero-order chi connectivity index (χ0) is 27.9. The van der Waals surface area contributed by atoms with E-state index in [0.29, 0.717) is 6.61 Å². The minimum atomic E-state index is 0.600. The molecule has 4 nitrogen and oxygen atoms in total. The van der Waals surface area contributed by atoms with Crippen LogP contribution in [0.1, 0.15) is 22.3 Å². The van der Waals surface area contributed by atoms with Crippen molar-refractivity contribution in [2.45, 2.75) is 26.6 Å². The van der Waals surface area contributed by atoms with Crippen molar-refractivity contribution < 1.29 is 4.74 Å². The van der Waals surface area contributed by atoms with Gasteiger partial charge >= 0.3 is 0 Å². The van der Waals surface area contributed by atoms with Crippen molar-refractivity contribution in [3.05, 3.63) is 156 Å². The third-order valence-corrected chi connectivity index (χ3v) is 7.35. The lowest BCUT2D eigenvalue weighted by molar-refractivity contribution is 0.196. The zero-order valence-electron chi connectivity index (χ0n) is 23.5. The predicted octanol–water partition coefficient (Wildman–Crippen LogP) is 8.14. The number of nitrogens with zero attached hydrogens (tertiary/aromatic N) is 3. The fourth-order valence-corrected chi connectivity index (χ4v) is 5.31. The number of aryl methyl sites for hydroxylation is 1. The van der Waals surface area contributed by atoms with Crippen LogP contribution < -0.4 is 4.74 Å². The van der Waals surface area contributed by atoms with Crippen molar-refractivity contribution in [3.63, 3.8) is 0 Å². The molecule has 0 bridgehead atoms. The van der Waals surface area contributed by atoms with Crippen LogP contribution in [0.2, 0.25) is 0 Å². The molecule has 0 aliphatic carbocycles. The average Bonchev–Trinajstić information content (AvgIpc) is 3.36. The number of benzene rings is 5. The highest BCUT2D eigenvalue weighted by Gasteiger charge is 2.15. The van der Waals surface area contributed by atoms with Crippen LogP contribution in [0.3, 0.4) is 0 Å². The molecule has 6 aromatic rings. The van der Waals surface area contributed by atoms with E-state index >= 15 is 0 Å². The van der Waals surface area contributed by atoms with Gasteiger partial charge in [0.1, 0.15) is 18.2 Å². The highest BCUT2D eigenvalue weighted by molar-refractivity contribution is 5.82. The van der Waals surface area contributed by atoms with Gasteiger partial charge < -0.3 is 9.30 Å². The summed E-state index contributed by atoms with van der Waals surface area (Å²) in [5, 5.41) is 0. The lowest BCUT2D eigenvalue weighted by atomic mass is 10.1. The number of imidazole rings is 1. The molecule has 41 heavy (non-hydrogen) atoms. The molecule has 0 spiro atoms. The summed E-state index contributed by atoms with van der Waals surface area (Å²) < 4.78 is 8.69. The zero-order valence-corrected chi connectivity index (χ0v) is 23.5. The standard InChI is InChI=1S/C37H35N3O/c1-29-12-11-19-33(24-29)37-38-35-21-20-34(25-36(35)40(37)28-32-17-9-4-10-18-32)41-23-22-39(26-30-13-5-2-6-14-30)27-31-15-7-3-8-16-31/h2-21,24-25H,22-23,26-28H2,1H3. The number of hydrogen-bond acceptors (Lipinski definition) is 3. The molecule has 6 rings (SSSR count). The highest BCUT2D eigenvalue weighted by Crippen LogP contribution is 2.29. The average molecular weight is 538 g/mol. The third kappa shape index (κ3) is 6.74. The van der Waals surface area contributed by atoms with E-state index in [4.69, 9.17) is 9.72 Å². The molecule has 0 aliphatic rings. The van der Waals surface area contributed by atoms with Crippen LogP contribution in [-0.2, 0) is 19.6 Å². The van der Waals surface area contributed by atoms with E-state index in [1.54, 1.807) is 0 Å². The Hall–Kier alpha value is -4.67. The molecule has 0 N–H and O–H groups in total. The van der Waals surface area contributed by atoms with Gasteiger partial charge in [-0.25, -0.2) is 4.98 Å². The minimum absolute atomic E-state index is 0.600. The number of rotatable bonds is 11. The molecule has 5 aromatic carbocycles. The van der Waals surface area contributed by atoms with Crippen molar-refractivity contribution in [1.82, 2.24) is 14.5 Å². The molecular weight excluding hydrogens is 502 g/mol. The summed E-state index contributed by atoms with van der Waals surface area (Å²) in [6.07, 6.45) is 0.